The van der Waals surface area contributed by atoms with Crippen molar-refractivity contribution in [2.75, 3.05) is 6.54 Å². The molecular weight excluding hydrogens is 229 g/mol. The van der Waals surface area contributed by atoms with Crippen LogP contribution in [0.5, 0.6) is 0 Å². The second-order valence-corrected chi connectivity index (χ2v) is 4.29. The summed E-state index contributed by atoms with van der Waals surface area (Å²) in [5.74, 6) is 0.780. The molecule has 0 radical (unpaired) electrons. The molecule has 1 unspecified atom stereocenters. The Hall–Kier alpha value is -1.68. The Morgan fingerprint density at radius 2 is 2.17 bits per heavy atom. The topological polar surface area (TPSA) is 29.9 Å². The van der Waals surface area contributed by atoms with Crippen LogP contribution in [0.2, 0.25) is 0 Å². The van der Waals surface area contributed by atoms with Crippen LogP contribution in [0.15, 0.2) is 36.7 Å². The van der Waals surface area contributed by atoms with Gasteiger partial charge in [-0.1, -0.05) is 25.1 Å². The Labute approximate surface area is 107 Å². The van der Waals surface area contributed by atoms with Gasteiger partial charge in [-0.05, 0) is 12.6 Å². The summed E-state index contributed by atoms with van der Waals surface area (Å²) in [5.41, 5.74) is 0.697. The molecule has 1 N–H and O–H groups in total. The monoisotopic (exact) mass is 247 g/mol. The molecule has 0 fully saturated rings. The van der Waals surface area contributed by atoms with E-state index in [0.717, 1.165) is 12.4 Å². The third-order valence-corrected chi connectivity index (χ3v) is 3.04. The van der Waals surface area contributed by atoms with Crippen LogP contribution in [0.1, 0.15) is 24.4 Å². The zero-order chi connectivity index (χ0) is 13.0. The molecule has 1 aromatic carbocycles. The first-order valence-corrected chi connectivity index (χ1v) is 6.16. The fourth-order valence-electron chi connectivity index (χ4n) is 2.07. The van der Waals surface area contributed by atoms with E-state index in [1.807, 2.05) is 36.9 Å². The minimum absolute atomic E-state index is 0.0442. The van der Waals surface area contributed by atoms with Crippen molar-refractivity contribution in [1.29, 1.82) is 0 Å². The molecule has 3 nitrogen and oxygen atoms in total. The highest BCUT2D eigenvalue weighted by molar-refractivity contribution is 5.22. The van der Waals surface area contributed by atoms with Crippen molar-refractivity contribution >= 4 is 0 Å². The van der Waals surface area contributed by atoms with Gasteiger partial charge in [0.15, 0.2) is 0 Å². The number of aromatic nitrogens is 2. The van der Waals surface area contributed by atoms with Gasteiger partial charge in [-0.25, -0.2) is 9.37 Å². The van der Waals surface area contributed by atoms with E-state index >= 15 is 0 Å². The summed E-state index contributed by atoms with van der Waals surface area (Å²) in [6.45, 7) is 2.82. The third-order valence-electron chi connectivity index (χ3n) is 3.04. The molecule has 0 aliphatic carbocycles. The third kappa shape index (κ3) is 2.76. The Bertz CT molecular complexity index is 507. The summed E-state index contributed by atoms with van der Waals surface area (Å²) in [5, 5.41) is 3.31. The number of hydrogen-bond donors (Lipinski definition) is 1. The molecular formula is C14H18FN3. The SMILES string of the molecule is CCNC(Cc1nccn1C)c1ccccc1F. The van der Waals surface area contributed by atoms with Crippen LogP contribution in [0, 0.1) is 5.82 Å². The van der Waals surface area contributed by atoms with Crippen molar-refractivity contribution in [3.8, 4) is 0 Å². The quantitative estimate of drug-likeness (QED) is 0.879. The van der Waals surface area contributed by atoms with Crippen molar-refractivity contribution in [3.05, 3.63) is 53.9 Å². The summed E-state index contributed by atoms with van der Waals surface area (Å²) in [4.78, 5) is 4.29. The minimum Gasteiger partial charge on any atom is -0.338 e. The normalized spacial score (nSPS) is 12.6. The molecule has 96 valence electrons. The zero-order valence-electron chi connectivity index (χ0n) is 10.7. The van der Waals surface area contributed by atoms with Gasteiger partial charge >= 0.3 is 0 Å². The van der Waals surface area contributed by atoms with Crippen LogP contribution in [-0.4, -0.2) is 16.1 Å². The second-order valence-electron chi connectivity index (χ2n) is 4.29. The number of halogens is 1. The molecule has 0 amide bonds. The van der Waals surface area contributed by atoms with Gasteiger partial charge in [-0.2, -0.15) is 0 Å². The number of benzene rings is 1. The fraction of sp³-hybridized carbons (Fsp3) is 0.357. The highest BCUT2D eigenvalue weighted by Crippen LogP contribution is 2.20. The first kappa shape index (κ1) is 12.8. The van der Waals surface area contributed by atoms with E-state index in [1.54, 1.807) is 12.3 Å². The number of likely N-dealkylation sites (N-methyl/N-ethyl adjacent to an activating group) is 1. The predicted octanol–water partition coefficient (Wildman–Crippen LogP) is 2.45. The first-order valence-electron chi connectivity index (χ1n) is 6.16. The summed E-state index contributed by atoms with van der Waals surface area (Å²) >= 11 is 0. The maximum absolute atomic E-state index is 13.8. The van der Waals surface area contributed by atoms with Crippen molar-refractivity contribution in [2.24, 2.45) is 7.05 Å². The number of imidazole rings is 1. The van der Waals surface area contributed by atoms with Crippen LogP contribution >= 0.6 is 0 Å². The van der Waals surface area contributed by atoms with E-state index in [9.17, 15) is 4.39 Å². The van der Waals surface area contributed by atoms with Gasteiger partial charge in [-0.3, -0.25) is 0 Å². The van der Waals surface area contributed by atoms with Gasteiger partial charge in [-0.15, -0.1) is 0 Å². The maximum Gasteiger partial charge on any atom is 0.127 e. The largest absolute Gasteiger partial charge is 0.338 e. The summed E-state index contributed by atoms with van der Waals surface area (Å²) in [6.07, 6.45) is 4.34. The second kappa shape index (κ2) is 5.78. The molecule has 1 heterocycles. The number of rotatable bonds is 5. The van der Waals surface area contributed by atoms with Crippen LogP contribution in [-0.2, 0) is 13.5 Å². The van der Waals surface area contributed by atoms with Crippen LogP contribution in [0.25, 0.3) is 0 Å². The Kier molecular flexibility index (Phi) is 4.10. The average Bonchev–Trinajstić information content (AvgIpc) is 2.75. The van der Waals surface area contributed by atoms with Gasteiger partial charge in [0.1, 0.15) is 11.6 Å². The molecule has 0 spiro atoms. The van der Waals surface area contributed by atoms with E-state index < -0.39 is 0 Å². The molecule has 18 heavy (non-hydrogen) atoms. The number of hydrogen-bond acceptors (Lipinski definition) is 2. The molecule has 1 atom stereocenters. The lowest BCUT2D eigenvalue weighted by molar-refractivity contribution is 0.496. The fourth-order valence-corrected chi connectivity index (χ4v) is 2.07. The number of nitrogens with zero attached hydrogens (tertiary/aromatic N) is 2. The van der Waals surface area contributed by atoms with Crippen LogP contribution in [0.4, 0.5) is 4.39 Å². The molecule has 4 heteroatoms. The number of aryl methyl sites for hydroxylation is 1. The van der Waals surface area contributed by atoms with Crippen LogP contribution < -0.4 is 5.32 Å². The Balaban J connectivity index is 2.24. The maximum atomic E-state index is 13.8. The lowest BCUT2D eigenvalue weighted by atomic mass is 10.0. The van der Waals surface area contributed by atoms with Crippen molar-refractivity contribution in [1.82, 2.24) is 14.9 Å². The highest BCUT2D eigenvalue weighted by atomic mass is 19.1. The van der Waals surface area contributed by atoms with E-state index in [0.29, 0.717) is 12.0 Å². The Morgan fingerprint density at radius 3 is 2.78 bits per heavy atom. The Morgan fingerprint density at radius 1 is 1.39 bits per heavy atom. The van der Waals surface area contributed by atoms with Gasteiger partial charge in [0.05, 0.1) is 0 Å². The molecule has 0 bridgehead atoms. The van der Waals surface area contributed by atoms with E-state index in [1.165, 1.54) is 6.07 Å². The lowest BCUT2D eigenvalue weighted by Crippen LogP contribution is -2.25. The molecule has 0 aliphatic heterocycles. The molecule has 0 aliphatic rings. The predicted molar refractivity (Wildman–Crippen MR) is 69.7 cm³/mol. The van der Waals surface area contributed by atoms with E-state index in [-0.39, 0.29) is 11.9 Å². The average molecular weight is 247 g/mol. The van der Waals surface area contributed by atoms with Gasteiger partial charge in [0, 0.05) is 37.5 Å². The van der Waals surface area contributed by atoms with Crippen molar-refractivity contribution in [2.45, 2.75) is 19.4 Å². The lowest BCUT2D eigenvalue weighted by Gasteiger charge is -2.18. The molecule has 0 saturated heterocycles. The summed E-state index contributed by atoms with van der Waals surface area (Å²) in [7, 11) is 1.95. The van der Waals surface area contributed by atoms with E-state index in [2.05, 4.69) is 10.3 Å². The molecule has 1 aromatic heterocycles. The molecule has 2 rings (SSSR count). The van der Waals surface area contributed by atoms with Gasteiger partial charge in [0.2, 0.25) is 0 Å². The highest BCUT2D eigenvalue weighted by Gasteiger charge is 2.16. The zero-order valence-corrected chi connectivity index (χ0v) is 10.7. The molecule has 0 saturated carbocycles. The van der Waals surface area contributed by atoms with Crippen LogP contribution in [0.3, 0.4) is 0 Å². The van der Waals surface area contributed by atoms with E-state index in [4.69, 9.17) is 0 Å². The van der Waals surface area contributed by atoms with Gasteiger partial charge in [0.25, 0.3) is 0 Å². The minimum atomic E-state index is -0.169. The first-order chi connectivity index (χ1) is 8.72. The molecule has 2 aromatic rings. The standard InChI is InChI=1S/C14H18FN3/c1-3-16-13(10-14-17-8-9-18(14)2)11-6-4-5-7-12(11)15/h4-9,13,16H,3,10H2,1-2H3. The summed E-state index contributed by atoms with van der Waals surface area (Å²) < 4.78 is 15.8. The van der Waals surface area contributed by atoms with Crippen molar-refractivity contribution < 1.29 is 4.39 Å². The van der Waals surface area contributed by atoms with Crippen molar-refractivity contribution in [3.63, 3.8) is 0 Å². The number of nitrogens with one attached hydrogen (secondary N) is 1. The summed E-state index contributed by atoms with van der Waals surface area (Å²) in [6, 6.07) is 6.85. The van der Waals surface area contributed by atoms with Gasteiger partial charge < -0.3 is 9.88 Å². The smallest absolute Gasteiger partial charge is 0.127 e.